The van der Waals surface area contributed by atoms with Gasteiger partial charge in [-0.15, -0.1) is 0 Å². The van der Waals surface area contributed by atoms with Crippen molar-refractivity contribution in [3.8, 4) is 5.75 Å². The van der Waals surface area contributed by atoms with Crippen LogP contribution in [-0.2, 0) is 14.3 Å². The topological polar surface area (TPSA) is 61.8 Å². The number of halogens is 1. The monoisotopic (exact) mass is 358 g/mol. The van der Waals surface area contributed by atoms with Crippen molar-refractivity contribution >= 4 is 27.9 Å². The van der Waals surface area contributed by atoms with Crippen LogP contribution in [0.3, 0.4) is 0 Å². The van der Waals surface area contributed by atoms with Crippen molar-refractivity contribution in [2.45, 2.75) is 32.8 Å². The lowest BCUT2D eigenvalue weighted by atomic mass is 10.2. The van der Waals surface area contributed by atoms with Crippen LogP contribution < -0.4 is 4.74 Å². The van der Waals surface area contributed by atoms with E-state index >= 15 is 0 Å². The molecular weight excluding hydrogens is 340 g/mol. The van der Waals surface area contributed by atoms with Crippen LogP contribution in [0.25, 0.3) is 0 Å². The fraction of sp³-hybridized carbons (Fsp3) is 0.467. The van der Waals surface area contributed by atoms with E-state index in [4.69, 9.17) is 14.2 Å². The van der Waals surface area contributed by atoms with Gasteiger partial charge in [0.2, 0.25) is 0 Å². The van der Waals surface area contributed by atoms with Gasteiger partial charge in [0.15, 0.2) is 0 Å². The maximum Gasteiger partial charge on any atom is 0.341 e. The second-order valence-electron chi connectivity index (χ2n) is 4.40. The van der Waals surface area contributed by atoms with E-state index in [1.54, 1.807) is 25.1 Å². The third-order valence-electron chi connectivity index (χ3n) is 2.74. The second kappa shape index (κ2) is 8.67. The highest BCUT2D eigenvalue weighted by Crippen LogP contribution is 2.25. The van der Waals surface area contributed by atoms with E-state index in [-0.39, 0.29) is 18.5 Å². The van der Waals surface area contributed by atoms with E-state index in [1.807, 2.05) is 6.92 Å². The number of hydrogen-bond donors (Lipinski definition) is 0. The lowest BCUT2D eigenvalue weighted by molar-refractivity contribution is -0.143. The highest BCUT2D eigenvalue weighted by molar-refractivity contribution is 9.10. The highest BCUT2D eigenvalue weighted by Gasteiger charge is 2.16. The SMILES string of the molecule is CCOC(=O)CCC(C)Oc1ccc(Br)cc1C(=O)OC. The summed E-state index contributed by atoms with van der Waals surface area (Å²) in [7, 11) is 1.32. The Labute approximate surface area is 132 Å². The molecule has 0 aliphatic heterocycles. The van der Waals surface area contributed by atoms with Gasteiger partial charge in [-0.2, -0.15) is 0 Å². The zero-order valence-corrected chi connectivity index (χ0v) is 13.9. The van der Waals surface area contributed by atoms with Gasteiger partial charge in [-0.25, -0.2) is 4.79 Å². The second-order valence-corrected chi connectivity index (χ2v) is 5.32. The first-order chi connectivity index (χ1) is 9.97. The van der Waals surface area contributed by atoms with Crippen molar-refractivity contribution in [2.24, 2.45) is 0 Å². The summed E-state index contributed by atoms with van der Waals surface area (Å²) in [6.07, 6.45) is 0.563. The molecule has 0 heterocycles. The molecule has 0 amide bonds. The Balaban J connectivity index is 2.69. The Morgan fingerprint density at radius 3 is 2.67 bits per heavy atom. The Bertz CT molecular complexity index is 501. The van der Waals surface area contributed by atoms with Crippen LogP contribution in [0.5, 0.6) is 5.75 Å². The molecule has 0 bridgehead atoms. The van der Waals surface area contributed by atoms with E-state index in [0.29, 0.717) is 24.3 Å². The quantitative estimate of drug-likeness (QED) is 0.699. The number of ether oxygens (including phenoxy) is 3. The third kappa shape index (κ3) is 5.75. The fourth-order valence-corrected chi connectivity index (χ4v) is 2.07. The van der Waals surface area contributed by atoms with E-state index in [1.165, 1.54) is 7.11 Å². The molecule has 0 aromatic heterocycles. The van der Waals surface area contributed by atoms with E-state index in [2.05, 4.69) is 15.9 Å². The zero-order valence-electron chi connectivity index (χ0n) is 12.3. The van der Waals surface area contributed by atoms with Gasteiger partial charge in [-0.3, -0.25) is 4.79 Å². The first-order valence-electron chi connectivity index (χ1n) is 6.68. The number of carbonyl (C=O) groups excluding carboxylic acids is 2. The minimum atomic E-state index is -0.469. The van der Waals surface area contributed by atoms with Crippen molar-refractivity contribution in [3.63, 3.8) is 0 Å². The van der Waals surface area contributed by atoms with Gasteiger partial charge in [0.1, 0.15) is 11.3 Å². The minimum absolute atomic E-state index is 0.223. The van der Waals surface area contributed by atoms with Crippen LogP contribution >= 0.6 is 15.9 Å². The van der Waals surface area contributed by atoms with Gasteiger partial charge in [0.25, 0.3) is 0 Å². The molecule has 21 heavy (non-hydrogen) atoms. The molecule has 0 aliphatic carbocycles. The van der Waals surface area contributed by atoms with Crippen LogP contribution in [-0.4, -0.2) is 31.8 Å². The lowest BCUT2D eigenvalue weighted by Gasteiger charge is -2.16. The first kappa shape index (κ1) is 17.5. The molecule has 6 heteroatoms. The standard InChI is InChI=1S/C15H19BrO5/c1-4-20-14(17)8-5-10(2)21-13-7-6-11(16)9-12(13)15(18)19-3/h6-7,9-10H,4-5,8H2,1-3H3. The summed E-state index contributed by atoms with van der Waals surface area (Å²) in [6, 6.07) is 5.11. The van der Waals surface area contributed by atoms with Gasteiger partial charge in [-0.1, -0.05) is 15.9 Å². The molecule has 0 saturated carbocycles. The smallest absolute Gasteiger partial charge is 0.341 e. The Morgan fingerprint density at radius 1 is 1.33 bits per heavy atom. The maximum absolute atomic E-state index is 11.7. The van der Waals surface area contributed by atoms with E-state index < -0.39 is 5.97 Å². The minimum Gasteiger partial charge on any atom is -0.490 e. The molecule has 1 aromatic carbocycles. The Morgan fingerprint density at radius 2 is 2.05 bits per heavy atom. The summed E-state index contributed by atoms with van der Waals surface area (Å²) in [5, 5.41) is 0. The van der Waals surface area contributed by atoms with Crippen LogP contribution in [0.4, 0.5) is 0 Å². The van der Waals surface area contributed by atoms with Crippen molar-refractivity contribution in [1.29, 1.82) is 0 Å². The van der Waals surface area contributed by atoms with Crippen molar-refractivity contribution < 1.29 is 23.8 Å². The molecule has 0 saturated heterocycles. The molecule has 0 N–H and O–H groups in total. The predicted octanol–water partition coefficient (Wildman–Crippen LogP) is 3.35. The number of hydrogen-bond acceptors (Lipinski definition) is 5. The van der Waals surface area contributed by atoms with Crippen LogP contribution in [0.15, 0.2) is 22.7 Å². The number of methoxy groups -OCH3 is 1. The average Bonchev–Trinajstić information content (AvgIpc) is 2.46. The summed E-state index contributed by atoms with van der Waals surface area (Å²) in [4.78, 5) is 23.0. The molecule has 0 fully saturated rings. The van der Waals surface area contributed by atoms with Crippen LogP contribution in [0.2, 0.25) is 0 Å². The number of rotatable bonds is 7. The lowest BCUT2D eigenvalue weighted by Crippen LogP contribution is -2.17. The molecule has 1 rings (SSSR count). The van der Waals surface area contributed by atoms with E-state index in [0.717, 1.165) is 4.47 Å². The summed E-state index contributed by atoms with van der Waals surface area (Å²) in [5.41, 5.74) is 0.342. The van der Waals surface area contributed by atoms with Gasteiger partial charge in [0.05, 0.1) is 19.8 Å². The molecule has 0 radical (unpaired) electrons. The Kier molecular flexibility index (Phi) is 7.22. The van der Waals surface area contributed by atoms with Gasteiger partial charge >= 0.3 is 11.9 Å². The van der Waals surface area contributed by atoms with Gasteiger partial charge in [0, 0.05) is 10.9 Å². The summed E-state index contributed by atoms with van der Waals surface area (Å²) in [5.74, 6) is -0.290. The van der Waals surface area contributed by atoms with Gasteiger partial charge < -0.3 is 14.2 Å². The number of carbonyl (C=O) groups is 2. The molecule has 5 nitrogen and oxygen atoms in total. The summed E-state index contributed by atoms with van der Waals surface area (Å²) in [6.45, 7) is 3.97. The predicted molar refractivity (Wildman–Crippen MR) is 81.4 cm³/mol. The van der Waals surface area contributed by atoms with Crippen molar-refractivity contribution in [3.05, 3.63) is 28.2 Å². The van der Waals surface area contributed by atoms with Crippen LogP contribution in [0.1, 0.15) is 37.0 Å². The fourth-order valence-electron chi connectivity index (χ4n) is 1.70. The van der Waals surface area contributed by atoms with Gasteiger partial charge in [-0.05, 0) is 38.5 Å². The molecule has 1 aromatic rings. The average molecular weight is 359 g/mol. The van der Waals surface area contributed by atoms with Crippen molar-refractivity contribution in [1.82, 2.24) is 0 Å². The molecule has 0 aliphatic rings. The molecule has 1 atom stereocenters. The van der Waals surface area contributed by atoms with Crippen molar-refractivity contribution in [2.75, 3.05) is 13.7 Å². The normalized spacial score (nSPS) is 11.6. The third-order valence-corrected chi connectivity index (χ3v) is 3.23. The largest absolute Gasteiger partial charge is 0.490 e. The Hall–Kier alpha value is -1.56. The molecule has 116 valence electrons. The summed E-state index contributed by atoms with van der Waals surface area (Å²) < 4.78 is 16.1. The zero-order chi connectivity index (χ0) is 15.8. The first-order valence-corrected chi connectivity index (χ1v) is 7.47. The molecular formula is C15H19BrO5. The number of esters is 2. The molecule has 1 unspecified atom stereocenters. The maximum atomic E-state index is 11.7. The highest BCUT2D eigenvalue weighted by atomic mass is 79.9. The van der Waals surface area contributed by atoms with E-state index in [9.17, 15) is 9.59 Å². The summed E-state index contributed by atoms with van der Waals surface area (Å²) >= 11 is 3.30. The number of benzene rings is 1. The molecule has 0 spiro atoms. The van der Waals surface area contributed by atoms with Crippen LogP contribution in [0, 0.1) is 0 Å².